The fourth-order valence-corrected chi connectivity index (χ4v) is 3.38. The third-order valence-corrected chi connectivity index (χ3v) is 4.63. The normalized spacial score (nSPS) is 17.7. The SMILES string of the molecule is CC(C)CN1CCC(NC(=O)N[C@H](C)Cc2ccc(Cl)cc2)CC1. The second-order valence-electron chi connectivity index (χ2n) is 7.32. The Labute approximate surface area is 150 Å². The average Bonchev–Trinajstić information content (AvgIpc) is 2.51. The van der Waals surface area contributed by atoms with Crippen molar-refractivity contribution >= 4 is 17.6 Å². The number of hydrogen-bond acceptors (Lipinski definition) is 2. The summed E-state index contributed by atoms with van der Waals surface area (Å²) < 4.78 is 0. The molecule has 4 nitrogen and oxygen atoms in total. The molecule has 0 aromatic heterocycles. The van der Waals surface area contributed by atoms with Crippen molar-refractivity contribution in [3.8, 4) is 0 Å². The number of hydrogen-bond donors (Lipinski definition) is 2. The first-order chi connectivity index (χ1) is 11.4. The fourth-order valence-electron chi connectivity index (χ4n) is 3.25. The molecule has 1 aromatic rings. The minimum atomic E-state index is -0.0567. The Kier molecular flexibility index (Phi) is 7.38. The predicted molar refractivity (Wildman–Crippen MR) is 101 cm³/mol. The Balaban J connectivity index is 1.68. The molecule has 0 spiro atoms. The summed E-state index contributed by atoms with van der Waals surface area (Å²) in [6.07, 6.45) is 2.87. The Morgan fingerprint density at radius 2 is 1.83 bits per heavy atom. The maximum atomic E-state index is 12.2. The summed E-state index contributed by atoms with van der Waals surface area (Å²) in [6.45, 7) is 9.82. The molecule has 24 heavy (non-hydrogen) atoms. The average molecular weight is 352 g/mol. The molecule has 1 aromatic carbocycles. The zero-order valence-corrected chi connectivity index (χ0v) is 15.8. The molecule has 1 heterocycles. The lowest BCUT2D eigenvalue weighted by molar-refractivity contribution is 0.177. The first kappa shape index (κ1) is 19.1. The number of nitrogens with zero attached hydrogens (tertiary/aromatic N) is 1. The van der Waals surface area contributed by atoms with E-state index in [1.165, 1.54) is 5.56 Å². The van der Waals surface area contributed by atoms with Crippen molar-refractivity contribution in [1.82, 2.24) is 15.5 Å². The zero-order chi connectivity index (χ0) is 17.5. The second-order valence-corrected chi connectivity index (χ2v) is 7.75. The van der Waals surface area contributed by atoms with Gasteiger partial charge in [0.2, 0.25) is 0 Å². The van der Waals surface area contributed by atoms with Crippen LogP contribution in [-0.4, -0.2) is 42.6 Å². The van der Waals surface area contributed by atoms with Crippen molar-refractivity contribution in [3.63, 3.8) is 0 Å². The van der Waals surface area contributed by atoms with Crippen LogP contribution in [0.5, 0.6) is 0 Å². The van der Waals surface area contributed by atoms with E-state index in [0.717, 1.165) is 43.9 Å². The summed E-state index contributed by atoms with van der Waals surface area (Å²) >= 11 is 5.90. The molecule has 1 saturated heterocycles. The molecule has 1 fully saturated rings. The van der Waals surface area contributed by atoms with Crippen LogP contribution >= 0.6 is 11.6 Å². The molecule has 2 N–H and O–H groups in total. The number of carbonyl (C=O) groups is 1. The van der Waals surface area contributed by atoms with E-state index in [9.17, 15) is 4.79 Å². The number of carbonyl (C=O) groups excluding carboxylic acids is 1. The summed E-state index contributed by atoms with van der Waals surface area (Å²) in [6, 6.07) is 8.09. The number of halogens is 1. The monoisotopic (exact) mass is 351 g/mol. The van der Waals surface area contributed by atoms with Crippen molar-refractivity contribution in [2.75, 3.05) is 19.6 Å². The van der Waals surface area contributed by atoms with Gasteiger partial charge in [-0.1, -0.05) is 37.6 Å². The molecule has 1 aliphatic heterocycles. The predicted octanol–water partition coefficient (Wildman–Crippen LogP) is 3.69. The van der Waals surface area contributed by atoms with Gasteiger partial charge in [-0.15, -0.1) is 0 Å². The third kappa shape index (κ3) is 6.70. The van der Waals surface area contributed by atoms with Crippen LogP contribution in [0, 0.1) is 5.92 Å². The van der Waals surface area contributed by atoms with Crippen LogP contribution in [0.15, 0.2) is 24.3 Å². The fraction of sp³-hybridized carbons (Fsp3) is 0.632. The number of nitrogens with one attached hydrogen (secondary N) is 2. The molecule has 0 aliphatic carbocycles. The first-order valence-corrected chi connectivity index (χ1v) is 9.34. The van der Waals surface area contributed by atoms with Gasteiger partial charge in [-0.3, -0.25) is 0 Å². The van der Waals surface area contributed by atoms with Crippen LogP contribution in [-0.2, 0) is 6.42 Å². The lowest BCUT2D eigenvalue weighted by Gasteiger charge is -2.33. The highest BCUT2D eigenvalue weighted by atomic mass is 35.5. The van der Waals surface area contributed by atoms with Crippen molar-refractivity contribution in [2.24, 2.45) is 5.92 Å². The van der Waals surface area contributed by atoms with Gasteiger partial charge in [0.15, 0.2) is 0 Å². The van der Waals surface area contributed by atoms with Gasteiger partial charge >= 0.3 is 6.03 Å². The summed E-state index contributed by atoms with van der Waals surface area (Å²) in [5, 5.41) is 6.89. The van der Waals surface area contributed by atoms with Crippen LogP contribution in [0.1, 0.15) is 39.2 Å². The van der Waals surface area contributed by atoms with Crippen molar-refractivity contribution < 1.29 is 4.79 Å². The topological polar surface area (TPSA) is 44.4 Å². The lowest BCUT2D eigenvalue weighted by atomic mass is 10.0. The Morgan fingerprint density at radius 1 is 1.21 bits per heavy atom. The van der Waals surface area contributed by atoms with Gasteiger partial charge in [0.05, 0.1) is 0 Å². The molecule has 0 bridgehead atoms. The molecule has 134 valence electrons. The maximum Gasteiger partial charge on any atom is 0.315 e. The number of likely N-dealkylation sites (tertiary alicyclic amines) is 1. The number of amides is 2. The smallest absolute Gasteiger partial charge is 0.315 e. The highest BCUT2D eigenvalue weighted by molar-refractivity contribution is 6.30. The number of urea groups is 1. The van der Waals surface area contributed by atoms with E-state index >= 15 is 0 Å². The molecule has 5 heteroatoms. The van der Waals surface area contributed by atoms with Crippen LogP contribution in [0.25, 0.3) is 0 Å². The highest BCUT2D eigenvalue weighted by Crippen LogP contribution is 2.13. The van der Waals surface area contributed by atoms with Gasteiger partial charge in [-0.2, -0.15) is 0 Å². The Hall–Kier alpha value is -1.26. The molecule has 2 amide bonds. The van der Waals surface area contributed by atoms with E-state index < -0.39 is 0 Å². The second kappa shape index (κ2) is 9.28. The summed E-state index contributed by atoms with van der Waals surface area (Å²) in [4.78, 5) is 14.7. The largest absolute Gasteiger partial charge is 0.335 e. The Bertz CT molecular complexity index is 510. The summed E-state index contributed by atoms with van der Waals surface area (Å²) in [5.41, 5.74) is 1.18. The van der Waals surface area contributed by atoms with E-state index in [2.05, 4.69) is 29.4 Å². The molecule has 0 unspecified atom stereocenters. The summed E-state index contributed by atoms with van der Waals surface area (Å²) in [5.74, 6) is 0.700. The van der Waals surface area contributed by atoms with E-state index in [4.69, 9.17) is 11.6 Å². The van der Waals surface area contributed by atoms with Gasteiger partial charge in [-0.05, 0) is 49.8 Å². The van der Waals surface area contributed by atoms with E-state index in [1.54, 1.807) is 0 Å². The molecule has 1 atom stereocenters. The molecule has 0 radical (unpaired) electrons. The van der Waals surface area contributed by atoms with Crippen LogP contribution in [0.4, 0.5) is 4.79 Å². The van der Waals surface area contributed by atoms with Gasteiger partial charge < -0.3 is 15.5 Å². The van der Waals surface area contributed by atoms with E-state index in [-0.39, 0.29) is 18.1 Å². The van der Waals surface area contributed by atoms with E-state index in [0.29, 0.717) is 5.92 Å². The number of benzene rings is 1. The minimum Gasteiger partial charge on any atom is -0.335 e. The first-order valence-electron chi connectivity index (χ1n) is 8.96. The van der Waals surface area contributed by atoms with Crippen LogP contribution < -0.4 is 10.6 Å². The lowest BCUT2D eigenvalue weighted by Crippen LogP contribution is -2.50. The maximum absolute atomic E-state index is 12.2. The van der Waals surface area contributed by atoms with Crippen molar-refractivity contribution in [3.05, 3.63) is 34.9 Å². The molecular formula is C19H30ClN3O. The van der Waals surface area contributed by atoms with E-state index in [1.807, 2.05) is 31.2 Å². The number of piperidine rings is 1. The number of rotatable bonds is 6. The zero-order valence-electron chi connectivity index (χ0n) is 15.0. The Morgan fingerprint density at radius 3 is 2.42 bits per heavy atom. The van der Waals surface area contributed by atoms with Gasteiger partial charge in [0.25, 0.3) is 0 Å². The molecule has 2 rings (SSSR count). The molecule has 1 aliphatic rings. The molecular weight excluding hydrogens is 322 g/mol. The standard InChI is InChI=1S/C19H30ClN3O/c1-14(2)13-23-10-8-18(9-11-23)22-19(24)21-15(3)12-16-4-6-17(20)7-5-16/h4-7,14-15,18H,8-13H2,1-3H3,(H2,21,22,24)/t15-/m1/s1. The van der Waals surface area contributed by atoms with Crippen LogP contribution in [0.2, 0.25) is 5.02 Å². The van der Waals surface area contributed by atoms with Crippen LogP contribution in [0.3, 0.4) is 0 Å². The van der Waals surface area contributed by atoms with Gasteiger partial charge in [0.1, 0.15) is 0 Å². The quantitative estimate of drug-likeness (QED) is 0.820. The third-order valence-electron chi connectivity index (χ3n) is 4.38. The molecule has 0 saturated carbocycles. The van der Waals surface area contributed by atoms with Crippen molar-refractivity contribution in [1.29, 1.82) is 0 Å². The highest BCUT2D eigenvalue weighted by Gasteiger charge is 2.21. The summed E-state index contributed by atoms with van der Waals surface area (Å²) in [7, 11) is 0. The van der Waals surface area contributed by atoms with Crippen molar-refractivity contribution in [2.45, 2.75) is 52.1 Å². The minimum absolute atomic E-state index is 0.0567. The van der Waals surface area contributed by atoms with Gasteiger partial charge in [-0.25, -0.2) is 4.79 Å². The van der Waals surface area contributed by atoms with Gasteiger partial charge in [0, 0.05) is 36.7 Å².